The Morgan fingerprint density at radius 3 is 2.39 bits per heavy atom. The molecule has 0 saturated carbocycles. The summed E-state index contributed by atoms with van der Waals surface area (Å²) in [5, 5.41) is 10.5. The van der Waals surface area contributed by atoms with E-state index in [0.29, 0.717) is 0 Å². The second-order valence-corrected chi connectivity index (χ2v) is 3.88. The zero-order valence-electron chi connectivity index (χ0n) is 10.3. The third-order valence-corrected chi connectivity index (χ3v) is 2.21. The number of rotatable bonds is 5. The van der Waals surface area contributed by atoms with Crippen LogP contribution in [0, 0.1) is 0 Å². The minimum Gasteiger partial charge on any atom is -0.480 e. The molecule has 6 nitrogen and oxygen atoms in total. The van der Waals surface area contributed by atoms with Crippen molar-refractivity contribution < 1.29 is 19.4 Å². The molecule has 0 atom stereocenters. The monoisotopic (exact) mass is 252 g/mol. The van der Waals surface area contributed by atoms with Crippen molar-refractivity contribution >= 4 is 17.7 Å². The number of benzene rings is 1. The average Bonchev–Trinajstić information content (AvgIpc) is 2.34. The SMILES string of the molecule is CN(C)c1ccc(COC(=O)NCC(=O)O)cc1. The second-order valence-electron chi connectivity index (χ2n) is 3.88. The molecule has 6 heteroatoms. The first kappa shape index (κ1) is 13.8. The highest BCUT2D eigenvalue weighted by Gasteiger charge is 2.05. The van der Waals surface area contributed by atoms with E-state index in [9.17, 15) is 9.59 Å². The zero-order chi connectivity index (χ0) is 13.5. The van der Waals surface area contributed by atoms with E-state index < -0.39 is 18.6 Å². The van der Waals surface area contributed by atoms with E-state index in [1.54, 1.807) is 0 Å². The largest absolute Gasteiger partial charge is 0.480 e. The Labute approximate surface area is 105 Å². The van der Waals surface area contributed by atoms with Crippen molar-refractivity contribution in [1.29, 1.82) is 0 Å². The summed E-state index contributed by atoms with van der Waals surface area (Å²) in [6.07, 6.45) is -0.742. The number of aliphatic carboxylic acids is 1. The highest BCUT2D eigenvalue weighted by atomic mass is 16.5. The van der Waals surface area contributed by atoms with Crippen molar-refractivity contribution in [1.82, 2.24) is 5.32 Å². The van der Waals surface area contributed by atoms with Crippen LogP contribution in [0.4, 0.5) is 10.5 Å². The number of anilines is 1. The first-order valence-corrected chi connectivity index (χ1v) is 5.37. The van der Waals surface area contributed by atoms with Gasteiger partial charge in [0, 0.05) is 19.8 Å². The van der Waals surface area contributed by atoms with Crippen LogP contribution in [-0.2, 0) is 16.1 Å². The van der Waals surface area contributed by atoms with Gasteiger partial charge < -0.3 is 20.1 Å². The Balaban J connectivity index is 2.39. The molecule has 0 heterocycles. The number of carbonyl (C=O) groups is 2. The molecule has 0 aromatic heterocycles. The molecular weight excluding hydrogens is 236 g/mol. The Morgan fingerprint density at radius 2 is 1.89 bits per heavy atom. The molecule has 1 amide bonds. The predicted molar refractivity (Wildman–Crippen MR) is 66.6 cm³/mol. The van der Waals surface area contributed by atoms with Crippen LogP contribution in [0.3, 0.4) is 0 Å². The van der Waals surface area contributed by atoms with Gasteiger partial charge in [0.25, 0.3) is 0 Å². The van der Waals surface area contributed by atoms with Crippen LogP contribution in [0.1, 0.15) is 5.56 Å². The van der Waals surface area contributed by atoms with Gasteiger partial charge in [0.05, 0.1) is 0 Å². The second kappa shape index (κ2) is 6.48. The highest BCUT2D eigenvalue weighted by Crippen LogP contribution is 2.12. The molecule has 1 rings (SSSR count). The molecule has 0 unspecified atom stereocenters. The number of amides is 1. The van der Waals surface area contributed by atoms with E-state index in [-0.39, 0.29) is 6.61 Å². The number of nitrogens with zero attached hydrogens (tertiary/aromatic N) is 1. The van der Waals surface area contributed by atoms with Gasteiger partial charge in [-0.25, -0.2) is 4.79 Å². The van der Waals surface area contributed by atoms with E-state index in [2.05, 4.69) is 5.32 Å². The first-order chi connectivity index (χ1) is 8.49. The fourth-order valence-electron chi connectivity index (χ4n) is 1.24. The lowest BCUT2D eigenvalue weighted by atomic mass is 10.2. The maximum absolute atomic E-state index is 11.1. The molecule has 0 aliphatic carbocycles. The van der Waals surface area contributed by atoms with Crippen LogP contribution in [-0.4, -0.2) is 37.8 Å². The molecule has 0 fully saturated rings. The zero-order valence-corrected chi connectivity index (χ0v) is 10.3. The van der Waals surface area contributed by atoms with Gasteiger partial charge >= 0.3 is 12.1 Å². The number of hydrogen-bond donors (Lipinski definition) is 2. The number of hydrogen-bond acceptors (Lipinski definition) is 4. The standard InChI is InChI=1S/C12H16N2O4/c1-14(2)10-5-3-9(4-6-10)8-18-12(17)13-7-11(15)16/h3-6H,7-8H2,1-2H3,(H,13,17)(H,15,16). The number of carboxylic acids is 1. The van der Waals surface area contributed by atoms with Gasteiger partial charge in [-0.3, -0.25) is 4.79 Å². The molecule has 1 aromatic carbocycles. The van der Waals surface area contributed by atoms with Gasteiger partial charge in [-0.2, -0.15) is 0 Å². The van der Waals surface area contributed by atoms with Gasteiger partial charge in [0.2, 0.25) is 0 Å². The number of carbonyl (C=O) groups excluding carboxylic acids is 1. The van der Waals surface area contributed by atoms with E-state index in [1.807, 2.05) is 43.3 Å². The third-order valence-electron chi connectivity index (χ3n) is 2.21. The van der Waals surface area contributed by atoms with Gasteiger partial charge in [0.15, 0.2) is 0 Å². The molecule has 98 valence electrons. The third kappa shape index (κ3) is 4.73. The van der Waals surface area contributed by atoms with Crippen molar-refractivity contribution in [3.8, 4) is 0 Å². The molecule has 18 heavy (non-hydrogen) atoms. The van der Waals surface area contributed by atoms with Crippen LogP contribution in [0.15, 0.2) is 24.3 Å². The first-order valence-electron chi connectivity index (χ1n) is 5.37. The van der Waals surface area contributed by atoms with Crippen LogP contribution in [0.25, 0.3) is 0 Å². The molecule has 0 aliphatic rings. The summed E-state index contributed by atoms with van der Waals surface area (Å²) in [6, 6.07) is 7.52. The van der Waals surface area contributed by atoms with Crippen LogP contribution in [0.5, 0.6) is 0 Å². The lowest BCUT2D eigenvalue weighted by molar-refractivity contribution is -0.135. The van der Waals surface area contributed by atoms with Crippen LogP contribution >= 0.6 is 0 Å². The molecule has 1 aromatic rings. The summed E-state index contributed by atoms with van der Waals surface area (Å²) >= 11 is 0. The Hall–Kier alpha value is -2.24. The smallest absolute Gasteiger partial charge is 0.407 e. The van der Waals surface area contributed by atoms with E-state index >= 15 is 0 Å². The normalized spacial score (nSPS) is 9.67. The van der Waals surface area contributed by atoms with Crippen LogP contribution in [0.2, 0.25) is 0 Å². The molecular formula is C12H16N2O4. The number of ether oxygens (including phenoxy) is 1. The topological polar surface area (TPSA) is 78.9 Å². The van der Waals surface area contributed by atoms with Gasteiger partial charge in [-0.1, -0.05) is 12.1 Å². The molecule has 0 saturated heterocycles. The lowest BCUT2D eigenvalue weighted by Gasteiger charge is -2.12. The summed E-state index contributed by atoms with van der Waals surface area (Å²) in [4.78, 5) is 23.3. The summed E-state index contributed by atoms with van der Waals surface area (Å²) < 4.78 is 4.85. The van der Waals surface area contributed by atoms with Crippen molar-refractivity contribution in [3.05, 3.63) is 29.8 Å². The van der Waals surface area contributed by atoms with Gasteiger partial charge in [-0.15, -0.1) is 0 Å². The Morgan fingerprint density at radius 1 is 1.28 bits per heavy atom. The fraction of sp³-hybridized carbons (Fsp3) is 0.333. The molecule has 0 bridgehead atoms. The summed E-state index contributed by atoms with van der Waals surface area (Å²) in [5.74, 6) is -1.11. The van der Waals surface area contributed by atoms with Crippen molar-refractivity contribution in [3.63, 3.8) is 0 Å². The number of carboxylic acid groups (broad SMARTS) is 1. The molecule has 0 spiro atoms. The van der Waals surface area contributed by atoms with Crippen molar-refractivity contribution in [2.24, 2.45) is 0 Å². The number of nitrogens with one attached hydrogen (secondary N) is 1. The predicted octanol–water partition coefficient (Wildman–Crippen LogP) is 1.06. The summed E-state index contributed by atoms with van der Waals surface area (Å²) in [6.45, 7) is -0.336. The van der Waals surface area contributed by atoms with Crippen molar-refractivity contribution in [2.45, 2.75) is 6.61 Å². The van der Waals surface area contributed by atoms with Gasteiger partial charge in [0.1, 0.15) is 13.2 Å². The maximum atomic E-state index is 11.1. The van der Waals surface area contributed by atoms with Crippen LogP contribution < -0.4 is 10.2 Å². The Bertz CT molecular complexity index is 415. The summed E-state index contributed by atoms with van der Waals surface area (Å²) in [5.41, 5.74) is 1.89. The molecule has 0 aliphatic heterocycles. The van der Waals surface area contributed by atoms with Crippen molar-refractivity contribution in [2.75, 3.05) is 25.5 Å². The maximum Gasteiger partial charge on any atom is 0.407 e. The van der Waals surface area contributed by atoms with E-state index in [4.69, 9.17) is 9.84 Å². The molecule has 0 radical (unpaired) electrons. The minimum atomic E-state index is -1.11. The lowest BCUT2D eigenvalue weighted by Crippen LogP contribution is -2.29. The minimum absolute atomic E-state index is 0.110. The fourth-order valence-corrected chi connectivity index (χ4v) is 1.24. The number of alkyl carbamates (subject to hydrolysis) is 1. The van der Waals surface area contributed by atoms with Gasteiger partial charge in [-0.05, 0) is 17.7 Å². The Kier molecular flexibility index (Phi) is 4.98. The molecule has 2 N–H and O–H groups in total. The quantitative estimate of drug-likeness (QED) is 0.819. The average molecular weight is 252 g/mol. The van der Waals surface area contributed by atoms with E-state index in [1.165, 1.54) is 0 Å². The summed E-state index contributed by atoms with van der Waals surface area (Å²) in [7, 11) is 3.87. The van der Waals surface area contributed by atoms with E-state index in [0.717, 1.165) is 11.3 Å². The highest BCUT2D eigenvalue weighted by molar-refractivity contribution is 5.76.